The maximum Gasteiger partial charge on any atom is 0.171 e. The maximum atomic E-state index is 6.69. The largest absolute Gasteiger partial charge is 0.418 e. The van der Waals surface area contributed by atoms with E-state index in [4.69, 9.17) is 4.43 Å². The molecule has 20 heavy (non-hydrogen) atoms. The molecule has 0 aromatic rings. The number of rotatable bonds is 7. The van der Waals surface area contributed by atoms with Crippen LogP contribution in [0.15, 0.2) is 0 Å². The molecule has 1 aliphatic heterocycles. The van der Waals surface area contributed by atoms with Crippen LogP contribution in [-0.4, -0.2) is 28.6 Å². The third-order valence-electron chi connectivity index (χ3n) is 6.28. The van der Waals surface area contributed by atoms with Crippen LogP contribution in [0.25, 0.3) is 0 Å². The SMILES string of the molecule is CCCCCCCCC1C[Si](C)(C)[Si](C)(C)[Si](C)(C)O1. The predicted molar refractivity (Wildman–Crippen MR) is 100 cm³/mol. The molecule has 0 spiro atoms. The van der Waals surface area contributed by atoms with Gasteiger partial charge in [0.1, 0.15) is 0 Å². The average molecular weight is 331 g/mol. The highest BCUT2D eigenvalue weighted by Crippen LogP contribution is 2.40. The average Bonchev–Trinajstić information content (AvgIpc) is 2.30. The van der Waals surface area contributed by atoms with Gasteiger partial charge in [0.2, 0.25) is 0 Å². The minimum Gasteiger partial charge on any atom is -0.418 e. The summed E-state index contributed by atoms with van der Waals surface area (Å²) in [6, 6.07) is 1.44. The minimum atomic E-state index is -1.40. The molecule has 0 aliphatic carbocycles. The van der Waals surface area contributed by atoms with E-state index < -0.39 is 22.5 Å². The monoisotopic (exact) mass is 330 g/mol. The Morgan fingerprint density at radius 3 is 1.95 bits per heavy atom. The lowest BCUT2D eigenvalue weighted by atomic mass is 10.1. The summed E-state index contributed by atoms with van der Waals surface area (Å²) in [4.78, 5) is 0. The standard InChI is InChI=1S/C16H38OSi3/c1-8-9-10-11-12-13-14-16-15-18(2,3)20(6,7)19(4,5)17-16/h16H,8-15H2,1-7H3. The first-order valence-corrected chi connectivity index (χ1v) is 19.9. The normalized spacial score (nSPS) is 27.4. The third kappa shape index (κ3) is 4.31. The molecule has 0 saturated carbocycles. The summed E-state index contributed by atoms with van der Waals surface area (Å²) in [5, 5.41) is 0. The topological polar surface area (TPSA) is 9.23 Å². The highest BCUT2D eigenvalue weighted by Gasteiger charge is 2.58. The van der Waals surface area contributed by atoms with E-state index in [0.29, 0.717) is 6.10 Å². The zero-order chi connectivity index (χ0) is 15.4. The number of hydrogen-bond donors (Lipinski definition) is 0. The molecule has 0 N–H and O–H groups in total. The zero-order valence-electron chi connectivity index (χ0n) is 15.1. The van der Waals surface area contributed by atoms with Crippen molar-refractivity contribution in [1.29, 1.82) is 0 Å². The summed E-state index contributed by atoms with van der Waals surface area (Å²) in [7, 11) is -3.52. The number of hydrogen-bond acceptors (Lipinski definition) is 1. The van der Waals surface area contributed by atoms with E-state index in [2.05, 4.69) is 46.2 Å². The Balaban J connectivity index is 2.42. The van der Waals surface area contributed by atoms with Gasteiger partial charge in [0.05, 0.1) is 7.11 Å². The molecule has 1 atom stereocenters. The molecule has 1 nitrogen and oxygen atoms in total. The van der Waals surface area contributed by atoms with E-state index in [9.17, 15) is 0 Å². The Morgan fingerprint density at radius 2 is 1.40 bits per heavy atom. The molecule has 0 aromatic heterocycles. The molecular weight excluding hydrogens is 292 g/mol. The van der Waals surface area contributed by atoms with E-state index in [-0.39, 0.29) is 0 Å². The Kier molecular flexibility index (Phi) is 6.76. The van der Waals surface area contributed by atoms with Crippen LogP contribution in [0.2, 0.25) is 45.3 Å². The molecule has 1 fully saturated rings. The van der Waals surface area contributed by atoms with Crippen LogP contribution >= 0.6 is 0 Å². The van der Waals surface area contributed by atoms with Crippen molar-refractivity contribution >= 4 is 22.5 Å². The Hall–Kier alpha value is 0.611. The van der Waals surface area contributed by atoms with Crippen LogP contribution in [0.1, 0.15) is 51.9 Å². The van der Waals surface area contributed by atoms with Crippen molar-refractivity contribution in [3.63, 3.8) is 0 Å². The van der Waals surface area contributed by atoms with Gasteiger partial charge in [-0.25, -0.2) is 0 Å². The molecule has 1 aliphatic rings. The van der Waals surface area contributed by atoms with Gasteiger partial charge >= 0.3 is 0 Å². The van der Waals surface area contributed by atoms with Crippen LogP contribution in [0.3, 0.4) is 0 Å². The van der Waals surface area contributed by atoms with Gasteiger partial charge in [0.25, 0.3) is 0 Å². The molecule has 120 valence electrons. The van der Waals surface area contributed by atoms with Crippen LogP contribution in [-0.2, 0) is 4.43 Å². The van der Waals surface area contributed by atoms with Crippen molar-refractivity contribution in [2.45, 2.75) is 103 Å². The van der Waals surface area contributed by atoms with Gasteiger partial charge < -0.3 is 4.43 Å². The molecule has 0 amide bonds. The highest BCUT2D eigenvalue weighted by atomic mass is 29.6. The van der Waals surface area contributed by atoms with E-state index >= 15 is 0 Å². The van der Waals surface area contributed by atoms with Crippen molar-refractivity contribution in [2.24, 2.45) is 0 Å². The second kappa shape index (κ2) is 7.25. The van der Waals surface area contributed by atoms with Crippen molar-refractivity contribution in [3.8, 4) is 0 Å². The van der Waals surface area contributed by atoms with Gasteiger partial charge in [0.15, 0.2) is 7.83 Å². The minimum absolute atomic E-state index is 0.616. The molecule has 4 heteroatoms. The first-order chi connectivity index (χ1) is 9.14. The van der Waals surface area contributed by atoms with Crippen molar-refractivity contribution in [1.82, 2.24) is 0 Å². The fraction of sp³-hybridized carbons (Fsp3) is 1.00. The summed E-state index contributed by atoms with van der Waals surface area (Å²) in [5.41, 5.74) is 0. The lowest BCUT2D eigenvalue weighted by Crippen LogP contribution is -2.76. The summed E-state index contributed by atoms with van der Waals surface area (Å²) < 4.78 is 6.69. The summed E-state index contributed by atoms with van der Waals surface area (Å²) in [6.07, 6.45) is 10.4. The van der Waals surface area contributed by atoms with Crippen LogP contribution < -0.4 is 0 Å². The fourth-order valence-corrected chi connectivity index (χ4v) is 33.2. The van der Waals surface area contributed by atoms with Crippen molar-refractivity contribution < 1.29 is 4.43 Å². The molecular formula is C16H38OSi3. The number of unbranched alkanes of at least 4 members (excludes halogenated alkanes) is 5. The lowest BCUT2D eigenvalue weighted by molar-refractivity contribution is 0.199. The first-order valence-electron chi connectivity index (χ1n) is 8.82. The van der Waals surface area contributed by atoms with Gasteiger partial charge in [0, 0.05) is 13.7 Å². The van der Waals surface area contributed by atoms with E-state index in [1.165, 1.54) is 51.0 Å². The molecule has 1 saturated heterocycles. The summed E-state index contributed by atoms with van der Waals surface area (Å²) >= 11 is 0. The van der Waals surface area contributed by atoms with E-state index in [0.717, 1.165) is 0 Å². The summed E-state index contributed by atoms with van der Waals surface area (Å²) in [5.74, 6) is 0. The van der Waals surface area contributed by atoms with Gasteiger partial charge in [-0.2, -0.15) is 0 Å². The maximum absolute atomic E-state index is 6.69. The second-order valence-corrected chi connectivity index (χ2v) is 35.9. The Labute approximate surface area is 130 Å². The van der Waals surface area contributed by atoms with Crippen LogP contribution in [0.4, 0.5) is 0 Å². The smallest absolute Gasteiger partial charge is 0.171 e. The van der Waals surface area contributed by atoms with E-state index in [1.807, 2.05) is 0 Å². The van der Waals surface area contributed by atoms with Gasteiger partial charge in [-0.3, -0.25) is 0 Å². The summed E-state index contributed by atoms with van der Waals surface area (Å²) in [6.45, 7) is 17.9. The molecule has 0 radical (unpaired) electrons. The van der Waals surface area contributed by atoms with Crippen LogP contribution in [0.5, 0.6) is 0 Å². The van der Waals surface area contributed by atoms with Crippen molar-refractivity contribution in [2.75, 3.05) is 0 Å². The van der Waals surface area contributed by atoms with Crippen molar-refractivity contribution in [3.05, 3.63) is 0 Å². The molecule has 0 aromatic carbocycles. The Bertz CT molecular complexity index is 280. The third-order valence-corrected chi connectivity index (χ3v) is 46.7. The molecule has 1 unspecified atom stereocenters. The van der Waals surface area contributed by atoms with Gasteiger partial charge in [-0.15, -0.1) is 0 Å². The van der Waals surface area contributed by atoms with Gasteiger partial charge in [-0.1, -0.05) is 71.6 Å². The quantitative estimate of drug-likeness (QED) is 0.416. The molecule has 0 bridgehead atoms. The Morgan fingerprint density at radius 1 is 0.850 bits per heavy atom. The fourth-order valence-electron chi connectivity index (χ4n) is 3.56. The molecule has 1 rings (SSSR count). The van der Waals surface area contributed by atoms with Crippen LogP contribution in [0, 0.1) is 0 Å². The second-order valence-electron chi connectivity index (χ2n) is 8.52. The highest BCUT2D eigenvalue weighted by molar-refractivity contribution is 7.67. The van der Waals surface area contributed by atoms with Gasteiger partial charge in [-0.05, 0) is 25.6 Å². The molecule has 1 heterocycles. The predicted octanol–water partition coefficient (Wildman–Crippen LogP) is 5.91. The zero-order valence-corrected chi connectivity index (χ0v) is 18.1. The first kappa shape index (κ1) is 18.7. The van der Waals surface area contributed by atoms with E-state index in [1.54, 1.807) is 0 Å². The lowest BCUT2D eigenvalue weighted by Gasteiger charge is -2.54.